The Balaban J connectivity index is 1.49. The Labute approximate surface area is 221 Å². The van der Waals surface area contributed by atoms with Crippen LogP contribution in [0.3, 0.4) is 0 Å². The Hall–Kier alpha value is -4.51. The predicted octanol–water partition coefficient (Wildman–Crippen LogP) is 2.07. The number of benzene rings is 1. The highest BCUT2D eigenvalue weighted by Crippen LogP contribution is 2.25. The molecule has 0 saturated carbocycles. The molecule has 0 fully saturated rings. The summed E-state index contributed by atoms with van der Waals surface area (Å²) in [5.41, 5.74) is 3.69. The molecule has 0 saturated heterocycles. The van der Waals surface area contributed by atoms with Crippen LogP contribution >= 0.6 is 0 Å². The van der Waals surface area contributed by atoms with E-state index in [0.717, 1.165) is 22.9 Å². The fourth-order valence-electron chi connectivity index (χ4n) is 4.37. The van der Waals surface area contributed by atoms with Crippen LogP contribution in [0.25, 0.3) is 11.3 Å². The van der Waals surface area contributed by atoms with Crippen molar-refractivity contribution in [1.29, 1.82) is 5.41 Å². The van der Waals surface area contributed by atoms with E-state index in [1.165, 1.54) is 0 Å². The topological polar surface area (TPSA) is 148 Å². The number of hydrogen-bond donors (Lipinski definition) is 5. The molecule has 11 heteroatoms. The third kappa shape index (κ3) is 5.73. The van der Waals surface area contributed by atoms with Crippen molar-refractivity contribution in [2.75, 3.05) is 25.5 Å². The number of nitrogens with zero attached hydrogens (tertiary/aromatic N) is 4. The first-order valence-corrected chi connectivity index (χ1v) is 12.3. The van der Waals surface area contributed by atoms with Gasteiger partial charge in [-0.2, -0.15) is 0 Å². The lowest BCUT2D eigenvalue weighted by Crippen LogP contribution is -2.52. The lowest BCUT2D eigenvalue weighted by molar-refractivity contribution is -0.126. The number of aliphatic hydroxyl groups excluding tert-OH is 1. The normalized spacial score (nSPS) is 14.9. The van der Waals surface area contributed by atoms with E-state index >= 15 is 0 Å². The number of amides is 2. The van der Waals surface area contributed by atoms with Crippen LogP contribution in [0.15, 0.2) is 60.7 Å². The van der Waals surface area contributed by atoms with Gasteiger partial charge in [-0.1, -0.05) is 29.8 Å². The molecule has 2 atom stereocenters. The molecule has 0 aliphatic carbocycles. The lowest BCUT2D eigenvalue weighted by Gasteiger charge is -2.33. The summed E-state index contributed by atoms with van der Waals surface area (Å²) in [7, 11) is 1.72. The maximum absolute atomic E-state index is 13.4. The zero-order valence-corrected chi connectivity index (χ0v) is 21.6. The zero-order chi connectivity index (χ0) is 27.2. The highest BCUT2D eigenvalue weighted by atomic mass is 16.3. The summed E-state index contributed by atoms with van der Waals surface area (Å²) in [5, 5.41) is 25.9. The molecule has 38 heavy (non-hydrogen) atoms. The molecule has 2 amide bonds. The van der Waals surface area contributed by atoms with Crippen molar-refractivity contribution < 1.29 is 14.7 Å². The van der Waals surface area contributed by atoms with Crippen LogP contribution in [0.2, 0.25) is 0 Å². The number of aliphatic hydroxyl groups is 1. The van der Waals surface area contributed by atoms with E-state index in [1.807, 2.05) is 42.0 Å². The number of fused-ring (bicyclic) bond motifs is 1. The van der Waals surface area contributed by atoms with Gasteiger partial charge in [0.1, 0.15) is 17.6 Å². The molecular formula is C27H32N8O3. The molecule has 5 N–H and O–H groups in total. The molecule has 11 nitrogen and oxygen atoms in total. The number of carbonyl (C=O) groups is 2. The van der Waals surface area contributed by atoms with Crippen molar-refractivity contribution in [1.82, 2.24) is 30.1 Å². The molecule has 1 aliphatic heterocycles. The molecule has 0 unspecified atom stereocenters. The summed E-state index contributed by atoms with van der Waals surface area (Å²) in [6.45, 7) is 4.30. The zero-order valence-electron chi connectivity index (χ0n) is 21.6. The minimum atomic E-state index is -0.719. The van der Waals surface area contributed by atoms with Gasteiger partial charge in [0, 0.05) is 44.3 Å². The smallest absolute Gasteiger partial charge is 0.271 e. The predicted molar refractivity (Wildman–Crippen MR) is 145 cm³/mol. The average Bonchev–Trinajstić information content (AvgIpc) is 3.37. The first kappa shape index (κ1) is 26.6. The van der Waals surface area contributed by atoms with Crippen molar-refractivity contribution >= 4 is 24.0 Å². The van der Waals surface area contributed by atoms with Crippen molar-refractivity contribution in [3.05, 3.63) is 77.5 Å². The Morgan fingerprint density at radius 1 is 1.26 bits per heavy atom. The molecule has 0 spiro atoms. The third-order valence-corrected chi connectivity index (χ3v) is 6.47. The van der Waals surface area contributed by atoms with Gasteiger partial charge in [-0.15, -0.1) is 0 Å². The monoisotopic (exact) mass is 516 g/mol. The molecule has 4 rings (SSSR count). The van der Waals surface area contributed by atoms with E-state index in [4.69, 9.17) is 5.41 Å². The summed E-state index contributed by atoms with van der Waals surface area (Å²) in [4.78, 5) is 36.8. The first-order chi connectivity index (χ1) is 18.3. The van der Waals surface area contributed by atoms with Crippen LogP contribution in [-0.2, 0) is 11.3 Å². The molecule has 0 radical (unpaired) electrons. The number of aromatic nitrogens is 3. The Bertz CT molecular complexity index is 1370. The van der Waals surface area contributed by atoms with Crippen LogP contribution in [0.1, 0.15) is 34.6 Å². The summed E-state index contributed by atoms with van der Waals surface area (Å²) < 4.78 is 1.87. The fraction of sp³-hybridized carbons (Fsp3) is 0.296. The molecule has 198 valence electrons. The average molecular weight is 517 g/mol. The summed E-state index contributed by atoms with van der Waals surface area (Å²) in [6.07, 6.45) is 6.18. The number of anilines is 1. The summed E-state index contributed by atoms with van der Waals surface area (Å²) in [6, 6.07) is 9.85. The highest BCUT2D eigenvalue weighted by molar-refractivity contribution is 5.98. The van der Waals surface area contributed by atoms with Crippen LogP contribution in [-0.4, -0.2) is 68.8 Å². The molecule has 0 bridgehead atoms. The molecule has 3 aromatic rings. The Morgan fingerprint density at radius 2 is 2.08 bits per heavy atom. The summed E-state index contributed by atoms with van der Waals surface area (Å²) >= 11 is 0. The van der Waals surface area contributed by atoms with Crippen molar-refractivity contribution in [2.24, 2.45) is 0 Å². The van der Waals surface area contributed by atoms with E-state index < -0.39 is 12.1 Å². The molecular weight excluding hydrogens is 484 g/mol. The van der Waals surface area contributed by atoms with Crippen LogP contribution in [0.5, 0.6) is 0 Å². The Morgan fingerprint density at radius 3 is 2.79 bits per heavy atom. The van der Waals surface area contributed by atoms with Crippen molar-refractivity contribution in [2.45, 2.75) is 32.5 Å². The number of aryl methyl sites for hydroxylation is 1. The maximum atomic E-state index is 13.4. The molecule has 1 aliphatic rings. The van der Waals surface area contributed by atoms with Gasteiger partial charge in [-0.3, -0.25) is 9.59 Å². The van der Waals surface area contributed by atoms with Crippen molar-refractivity contribution in [3.63, 3.8) is 0 Å². The largest absolute Gasteiger partial charge is 0.394 e. The van der Waals surface area contributed by atoms with Gasteiger partial charge in [-0.05, 0) is 37.6 Å². The SMILES string of the molecule is CN/C(=C\C=N)Nc1nccc(-c2cc3n(c2)CCN([C@@H](C)C(=O)N[C@H](CO)c2cccc(C)c2)C3=O)n1. The van der Waals surface area contributed by atoms with Crippen LogP contribution in [0.4, 0.5) is 5.95 Å². The van der Waals surface area contributed by atoms with Crippen molar-refractivity contribution in [3.8, 4) is 11.3 Å². The van der Waals surface area contributed by atoms with E-state index in [2.05, 4.69) is 25.9 Å². The molecule has 2 aromatic heterocycles. The van der Waals surface area contributed by atoms with Crippen LogP contribution in [0, 0.1) is 12.3 Å². The molecule has 3 heterocycles. The highest BCUT2D eigenvalue weighted by Gasteiger charge is 2.33. The number of rotatable bonds is 10. The number of carbonyl (C=O) groups excluding carboxylic acids is 2. The second-order valence-corrected chi connectivity index (χ2v) is 9.03. The Kier molecular flexibility index (Phi) is 8.17. The molecule has 1 aromatic carbocycles. The maximum Gasteiger partial charge on any atom is 0.271 e. The third-order valence-electron chi connectivity index (χ3n) is 6.47. The standard InChI is InChI=1S/C27H32N8O3/c1-17-5-4-6-19(13-17)22(16-36)31-25(37)18(2)35-12-11-34-15-20(14-23(34)26(35)38)21-8-10-30-27(32-21)33-24(29-3)7-9-28/h4-10,13-15,18,22,28-29,36H,11-12,16H2,1-3H3,(H,31,37)(H,30,32,33)/b24-7+,28-9?/t18-,22+/m0/s1. The van der Waals surface area contributed by atoms with Gasteiger partial charge in [0.05, 0.1) is 18.3 Å². The lowest BCUT2D eigenvalue weighted by atomic mass is 10.0. The number of nitrogens with one attached hydrogen (secondary N) is 4. The van der Waals surface area contributed by atoms with Gasteiger partial charge in [0.15, 0.2) is 0 Å². The fourth-order valence-corrected chi connectivity index (χ4v) is 4.37. The second-order valence-electron chi connectivity index (χ2n) is 9.03. The summed E-state index contributed by atoms with van der Waals surface area (Å²) in [5.74, 6) is 0.334. The minimum absolute atomic E-state index is 0.245. The van der Waals surface area contributed by atoms with Gasteiger partial charge in [0.25, 0.3) is 5.91 Å². The minimum Gasteiger partial charge on any atom is -0.394 e. The van der Waals surface area contributed by atoms with Gasteiger partial charge < -0.3 is 35.9 Å². The van der Waals surface area contributed by atoms with Crippen LogP contribution < -0.4 is 16.0 Å². The van der Waals surface area contributed by atoms with E-state index in [9.17, 15) is 14.7 Å². The van der Waals surface area contributed by atoms with Gasteiger partial charge >= 0.3 is 0 Å². The number of hydrogen-bond acceptors (Lipinski definition) is 8. The van der Waals surface area contributed by atoms with Gasteiger partial charge in [0.2, 0.25) is 11.9 Å². The van der Waals surface area contributed by atoms with E-state index in [1.54, 1.807) is 43.3 Å². The van der Waals surface area contributed by atoms with Gasteiger partial charge in [-0.25, -0.2) is 9.97 Å². The second kappa shape index (κ2) is 11.7. The number of allylic oxidation sites excluding steroid dienone is 1. The quantitative estimate of drug-likeness (QED) is 0.259. The first-order valence-electron chi connectivity index (χ1n) is 12.3. The van der Waals surface area contributed by atoms with E-state index in [0.29, 0.717) is 36.2 Å². The van der Waals surface area contributed by atoms with E-state index in [-0.39, 0.29) is 18.4 Å².